The lowest BCUT2D eigenvalue weighted by molar-refractivity contribution is 0.102. The molecule has 0 spiro atoms. The summed E-state index contributed by atoms with van der Waals surface area (Å²) in [7, 11) is 3.06. The SMILES string of the molecule is COc1ncccc1C(=O)Nc1nc2c(OC)cccc2s1. The van der Waals surface area contributed by atoms with Crippen molar-refractivity contribution in [2.75, 3.05) is 19.5 Å². The average Bonchev–Trinajstić information content (AvgIpc) is 2.96. The number of anilines is 1. The maximum Gasteiger partial charge on any atom is 0.262 e. The minimum Gasteiger partial charge on any atom is -0.494 e. The van der Waals surface area contributed by atoms with Gasteiger partial charge in [-0.05, 0) is 24.3 Å². The van der Waals surface area contributed by atoms with Crippen molar-refractivity contribution in [1.29, 1.82) is 0 Å². The summed E-state index contributed by atoms with van der Waals surface area (Å²) in [6, 6.07) is 8.97. The summed E-state index contributed by atoms with van der Waals surface area (Å²) >= 11 is 1.38. The number of thiazole rings is 1. The molecule has 0 saturated carbocycles. The first kappa shape index (κ1) is 14.3. The molecule has 0 unspecified atom stereocenters. The zero-order valence-corrected chi connectivity index (χ0v) is 12.8. The van der Waals surface area contributed by atoms with Crippen LogP contribution in [0.25, 0.3) is 10.2 Å². The van der Waals surface area contributed by atoms with Crippen molar-refractivity contribution in [3.63, 3.8) is 0 Å². The van der Waals surface area contributed by atoms with Crippen LogP contribution in [0.2, 0.25) is 0 Å². The van der Waals surface area contributed by atoms with Gasteiger partial charge in [0, 0.05) is 6.20 Å². The molecule has 22 heavy (non-hydrogen) atoms. The van der Waals surface area contributed by atoms with Gasteiger partial charge in [-0.15, -0.1) is 0 Å². The minimum absolute atomic E-state index is 0.277. The monoisotopic (exact) mass is 315 g/mol. The number of hydrogen-bond acceptors (Lipinski definition) is 6. The van der Waals surface area contributed by atoms with Crippen LogP contribution in [-0.2, 0) is 0 Å². The molecular formula is C15H13N3O3S. The number of carbonyl (C=O) groups excluding carboxylic acids is 1. The fourth-order valence-corrected chi connectivity index (χ4v) is 2.91. The molecule has 7 heteroatoms. The molecule has 112 valence electrons. The van der Waals surface area contributed by atoms with Gasteiger partial charge in [0.15, 0.2) is 5.13 Å². The third-order valence-electron chi connectivity index (χ3n) is 3.03. The third-order valence-corrected chi connectivity index (χ3v) is 3.97. The number of ether oxygens (including phenoxy) is 2. The lowest BCUT2D eigenvalue weighted by Gasteiger charge is -2.05. The van der Waals surface area contributed by atoms with Crippen LogP contribution >= 0.6 is 11.3 Å². The summed E-state index contributed by atoms with van der Waals surface area (Å²) in [6.07, 6.45) is 1.57. The van der Waals surface area contributed by atoms with Gasteiger partial charge in [0.2, 0.25) is 5.88 Å². The molecule has 0 fully saturated rings. The molecule has 2 heterocycles. The summed E-state index contributed by atoms with van der Waals surface area (Å²) in [5, 5.41) is 3.26. The highest BCUT2D eigenvalue weighted by Gasteiger charge is 2.16. The quantitative estimate of drug-likeness (QED) is 0.801. The van der Waals surface area contributed by atoms with Crippen molar-refractivity contribution in [2.24, 2.45) is 0 Å². The number of nitrogens with zero attached hydrogens (tertiary/aromatic N) is 2. The second-order valence-electron chi connectivity index (χ2n) is 4.34. The molecule has 1 amide bonds. The summed E-state index contributed by atoms with van der Waals surface area (Å²) < 4.78 is 11.3. The van der Waals surface area contributed by atoms with Crippen LogP contribution in [0, 0.1) is 0 Å². The molecule has 0 aliphatic rings. The summed E-state index contributed by atoms with van der Waals surface area (Å²) in [4.78, 5) is 20.7. The largest absolute Gasteiger partial charge is 0.494 e. The predicted octanol–water partition coefficient (Wildman–Crippen LogP) is 2.96. The number of methoxy groups -OCH3 is 2. The van der Waals surface area contributed by atoms with Crippen LogP contribution in [-0.4, -0.2) is 30.1 Å². The smallest absolute Gasteiger partial charge is 0.262 e. The van der Waals surface area contributed by atoms with Crippen LogP contribution < -0.4 is 14.8 Å². The Morgan fingerprint density at radius 3 is 2.82 bits per heavy atom. The number of amides is 1. The van der Waals surface area contributed by atoms with Crippen molar-refractivity contribution >= 4 is 32.6 Å². The zero-order chi connectivity index (χ0) is 15.5. The van der Waals surface area contributed by atoms with Crippen molar-refractivity contribution in [2.45, 2.75) is 0 Å². The molecule has 6 nitrogen and oxygen atoms in total. The highest BCUT2D eigenvalue weighted by Crippen LogP contribution is 2.32. The molecule has 1 aromatic carbocycles. The molecule has 0 saturated heterocycles. The average molecular weight is 315 g/mol. The number of benzene rings is 1. The maximum absolute atomic E-state index is 12.3. The van der Waals surface area contributed by atoms with Crippen LogP contribution in [0.5, 0.6) is 11.6 Å². The first-order valence-electron chi connectivity index (χ1n) is 6.47. The highest BCUT2D eigenvalue weighted by molar-refractivity contribution is 7.22. The van der Waals surface area contributed by atoms with Crippen molar-refractivity contribution in [3.8, 4) is 11.6 Å². The molecular weight excluding hydrogens is 302 g/mol. The van der Waals surface area contributed by atoms with E-state index in [2.05, 4.69) is 15.3 Å². The zero-order valence-electron chi connectivity index (χ0n) is 12.0. The number of para-hydroxylation sites is 1. The Labute approximate surface area is 130 Å². The minimum atomic E-state index is -0.317. The van der Waals surface area contributed by atoms with Crippen LogP contribution in [0.15, 0.2) is 36.5 Å². The van der Waals surface area contributed by atoms with Gasteiger partial charge < -0.3 is 9.47 Å². The predicted molar refractivity (Wildman–Crippen MR) is 84.9 cm³/mol. The topological polar surface area (TPSA) is 73.3 Å². The van der Waals surface area contributed by atoms with E-state index in [9.17, 15) is 4.79 Å². The summed E-state index contributed by atoms with van der Waals surface area (Å²) in [5.41, 5.74) is 1.08. The number of carbonyl (C=O) groups is 1. The third kappa shape index (κ3) is 2.58. The van der Waals surface area contributed by atoms with E-state index >= 15 is 0 Å². The fourth-order valence-electron chi connectivity index (χ4n) is 2.03. The van der Waals surface area contributed by atoms with Gasteiger partial charge in [-0.3, -0.25) is 10.1 Å². The molecule has 0 radical (unpaired) electrons. The van der Waals surface area contributed by atoms with E-state index in [4.69, 9.17) is 9.47 Å². The summed E-state index contributed by atoms with van der Waals surface area (Å²) in [6.45, 7) is 0. The van der Waals surface area contributed by atoms with E-state index in [1.165, 1.54) is 18.4 Å². The Morgan fingerprint density at radius 2 is 2.05 bits per heavy atom. The first-order chi connectivity index (χ1) is 10.7. The number of pyridine rings is 1. The van der Waals surface area contributed by atoms with Gasteiger partial charge in [0.05, 0.1) is 18.9 Å². The second kappa shape index (κ2) is 5.98. The van der Waals surface area contributed by atoms with E-state index in [0.717, 1.165) is 10.2 Å². The lowest BCUT2D eigenvalue weighted by atomic mass is 10.2. The molecule has 0 aliphatic heterocycles. The summed E-state index contributed by atoms with van der Waals surface area (Å²) in [5.74, 6) is 0.634. The van der Waals surface area contributed by atoms with Crippen molar-refractivity contribution in [3.05, 3.63) is 42.1 Å². The van der Waals surface area contributed by atoms with E-state index < -0.39 is 0 Å². The van der Waals surface area contributed by atoms with Crippen molar-refractivity contribution in [1.82, 2.24) is 9.97 Å². The van der Waals surface area contributed by atoms with E-state index in [1.807, 2.05) is 18.2 Å². The molecule has 0 atom stereocenters. The lowest BCUT2D eigenvalue weighted by Crippen LogP contribution is -2.13. The molecule has 3 rings (SSSR count). The molecule has 1 N–H and O–H groups in total. The van der Waals surface area contributed by atoms with Gasteiger partial charge in [0.1, 0.15) is 16.8 Å². The van der Waals surface area contributed by atoms with Crippen molar-refractivity contribution < 1.29 is 14.3 Å². The Balaban J connectivity index is 1.91. The highest BCUT2D eigenvalue weighted by atomic mass is 32.1. The van der Waals surface area contributed by atoms with Gasteiger partial charge in [-0.25, -0.2) is 9.97 Å². The Kier molecular flexibility index (Phi) is 3.88. The first-order valence-corrected chi connectivity index (χ1v) is 7.28. The fraction of sp³-hybridized carbons (Fsp3) is 0.133. The Bertz CT molecular complexity index is 832. The van der Waals surface area contributed by atoms with Gasteiger partial charge >= 0.3 is 0 Å². The van der Waals surface area contributed by atoms with E-state index in [0.29, 0.717) is 16.4 Å². The van der Waals surface area contributed by atoms with E-state index in [-0.39, 0.29) is 11.8 Å². The second-order valence-corrected chi connectivity index (χ2v) is 5.37. The van der Waals surface area contributed by atoms with E-state index in [1.54, 1.807) is 25.4 Å². The standard InChI is InChI=1S/C15H13N3O3S/c1-20-10-6-3-7-11-12(10)17-15(22-11)18-13(19)9-5-4-8-16-14(9)21-2/h3-8H,1-2H3,(H,17,18,19). The number of rotatable bonds is 4. The van der Waals surface area contributed by atoms with Crippen LogP contribution in [0.1, 0.15) is 10.4 Å². The van der Waals surface area contributed by atoms with Crippen LogP contribution in [0.3, 0.4) is 0 Å². The Morgan fingerprint density at radius 1 is 1.18 bits per heavy atom. The van der Waals surface area contributed by atoms with Gasteiger partial charge in [-0.2, -0.15) is 0 Å². The number of hydrogen-bond donors (Lipinski definition) is 1. The number of nitrogens with one attached hydrogen (secondary N) is 1. The van der Waals surface area contributed by atoms with Gasteiger partial charge in [0.25, 0.3) is 5.91 Å². The normalized spacial score (nSPS) is 10.5. The van der Waals surface area contributed by atoms with Gasteiger partial charge in [-0.1, -0.05) is 17.4 Å². The van der Waals surface area contributed by atoms with Crippen LogP contribution in [0.4, 0.5) is 5.13 Å². The number of aromatic nitrogens is 2. The molecule has 0 bridgehead atoms. The Hall–Kier alpha value is -2.67. The molecule has 3 aromatic rings. The number of fused-ring (bicyclic) bond motifs is 1. The molecule has 0 aliphatic carbocycles. The maximum atomic E-state index is 12.3. The molecule has 2 aromatic heterocycles.